The molecule has 3 aromatic carbocycles. The number of hydrazine groups is 1. The van der Waals surface area contributed by atoms with Crippen LogP contribution in [0.4, 0.5) is 16.2 Å². The van der Waals surface area contributed by atoms with Crippen molar-refractivity contribution in [1.29, 1.82) is 0 Å². The van der Waals surface area contributed by atoms with Gasteiger partial charge in [-0.05, 0) is 53.5 Å². The van der Waals surface area contributed by atoms with Crippen molar-refractivity contribution in [1.82, 2.24) is 15.8 Å². The molecular weight excluding hydrogens is 530 g/mol. The molecule has 0 bridgehead atoms. The van der Waals surface area contributed by atoms with Crippen LogP contribution in [0.2, 0.25) is 0 Å². The first kappa shape index (κ1) is 30.3. The first-order valence-corrected chi connectivity index (χ1v) is 14.2. The van der Waals surface area contributed by atoms with Gasteiger partial charge in [-0.2, -0.15) is 0 Å². The fraction of sp³-hybridized carbons (Fsp3) is 0.333. The summed E-state index contributed by atoms with van der Waals surface area (Å²) in [5.74, 6) is -0.980. The third-order valence-corrected chi connectivity index (χ3v) is 7.01. The Balaban J connectivity index is 1.65. The summed E-state index contributed by atoms with van der Waals surface area (Å²) in [5.41, 5.74) is 5.54. The van der Waals surface area contributed by atoms with E-state index in [0.29, 0.717) is 24.2 Å². The minimum absolute atomic E-state index is 0.0849. The molecule has 1 aliphatic rings. The molecule has 4 rings (SSSR count). The lowest BCUT2D eigenvalue weighted by atomic mass is 9.86. The van der Waals surface area contributed by atoms with E-state index in [-0.39, 0.29) is 29.6 Å². The highest BCUT2D eigenvalue weighted by atomic mass is 16.2. The first-order chi connectivity index (χ1) is 20.0. The fourth-order valence-electron chi connectivity index (χ4n) is 5.25. The number of amides is 5. The van der Waals surface area contributed by atoms with Crippen molar-refractivity contribution in [3.05, 3.63) is 96.1 Å². The Morgan fingerprint density at radius 3 is 2.00 bits per heavy atom. The molecule has 3 atom stereocenters. The van der Waals surface area contributed by atoms with Crippen molar-refractivity contribution >= 4 is 35.1 Å². The van der Waals surface area contributed by atoms with Gasteiger partial charge < -0.3 is 16.0 Å². The second-order valence-corrected chi connectivity index (χ2v) is 11.9. The molecule has 3 unspecified atom stereocenters. The number of anilines is 2. The average Bonchev–Trinajstić information content (AvgIpc) is 3.05. The van der Waals surface area contributed by atoms with Crippen LogP contribution < -0.4 is 21.4 Å². The standard InChI is InChI=1S/C33H39N5O4/c1-22(39)34-26-16-11-17-27(20-26)35-32(42)36-28-18-25(23-12-7-5-8-13-23)19-29(24-14-9-6-10-15-24)38(31(28)41)37-30(40)21-33(2,3)4/h5-17,20,25,28-29H,18-19,21H2,1-4H3,(H,34,39)(H,37,40)(H2,35,36,42). The number of nitrogens with zero attached hydrogens (tertiary/aromatic N) is 1. The first-order valence-electron chi connectivity index (χ1n) is 14.2. The summed E-state index contributed by atoms with van der Waals surface area (Å²) in [4.78, 5) is 52.0. The van der Waals surface area contributed by atoms with Gasteiger partial charge in [0.25, 0.3) is 5.91 Å². The second-order valence-electron chi connectivity index (χ2n) is 11.9. The molecule has 5 amide bonds. The summed E-state index contributed by atoms with van der Waals surface area (Å²) in [6.07, 6.45) is 1.12. The molecule has 1 fully saturated rings. The van der Waals surface area contributed by atoms with E-state index < -0.39 is 24.0 Å². The minimum Gasteiger partial charge on any atom is -0.326 e. The number of benzene rings is 3. The van der Waals surface area contributed by atoms with Crippen molar-refractivity contribution in [2.24, 2.45) is 5.41 Å². The number of rotatable bonds is 7. The maximum atomic E-state index is 14.2. The van der Waals surface area contributed by atoms with Crippen LogP contribution in [0.3, 0.4) is 0 Å². The number of nitrogens with one attached hydrogen (secondary N) is 4. The quantitative estimate of drug-likeness (QED) is 0.290. The third-order valence-electron chi connectivity index (χ3n) is 7.01. The zero-order valence-electron chi connectivity index (χ0n) is 24.5. The van der Waals surface area contributed by atoms with Crippen molar-refractivity contribution < 1.29 is 19.2 Å². The second kappa shape index (κ2) is 13.3. The summed E-state index contributed by atoms with van der Waals surface area (Å²) in [6.45, 7) is 7.30. The Morgan fingerprint density at radius 2 is 1.40 bits per heavy atom. The van der Waals surface area contributed by atoms with Crippen molar-refractivity contribution in [3.63, 3.8) is 0 Å². The Hall–Kier alpha value is -4.66. The maximum Gasteiger partial charge on any atom is 0.319 e. The zero-order valence-corrected chi connectivity index (χ0v) is 24.5. The highest BCUT2D eigenvalue weighted by Crippen LogP contribution is 2.38. The van der Waals surface area contributed by atoms with Crippen molar-refractivity contribution in [2.45, 2.75) is 65.0 Å². The van der Waals surface area contributed by atoms with Crippen molar-refractivity contribution in [2.75, 3.05) is 10.6 Å². The normalized spacial score (nSPS) is 18.9. The minimum atomic E-state index is -0.919. The van der Waals surface area contributed by atoms with Crippen LogP contribution in [-0.4, -0.2) is 34.8 Å². The largest absolute Gasteiger partial charge is 0.326 e. The Morgan fingerprint density at radius 1 is 0.810 bits per heavy atom. The van der Waals surface area contributed by atoms with E-state index in [1.54, 1.807) is 24.3 Å². The smallest absolute Gasteiger partial charge is 0.319 e. The van der Waals surface area contributed by atoms with Gasteiger partial charge in [-0.15, -0.1) is 0 Å². The zero-order chi connectivity index (χ0) is 30.3. The lowest BCUT2D eigenvalue weighted by Gasteiger charge is -2.33. The highest BCUT2D eigenvalue weighted by Gasteiger charge is 2.40. The van der Waals surface area contributed by atoms with E-state index in [2.05, 4.69) is 21.4 Å². The van der Waals surface area contributed by atoms with Gasteiger partial charge in [0.15, 0.2) is 0 Å². The van der Waals surface area contributed by atoms with Gasteiger partial charge in [0.1, 0.15) is 6.04 Å². The van der Waals surface area contributed by atoms with Gasteiger partial charge in [0.2, 0.25) is 11.8 Å². The Kier molecular flexibility index (Phi) is 9.62. The van der Waals surface area contributed by atoms with Crippen LogP contribution in [0.15, 0.2) is 84.9 Å². The molecule has 1 aliphatic heterocycles. The molecule has 9 heteroatoms. The molecule has 1 heterocycles. The molecule has 0 spiro atoms. The number of hydrogen-bond donors (Lipinski definition) is 4. The van der Waals surface area contributed by atoms with Gasteiger partial charge in [0, 0.05) is 24.7 Å². The third kappa shape index (κ3) is 8.42. The number of urea groups is 1. The summed E-state index contributed by atoms with van der Waals surface area (Å²) < 4.78 is 0. The molecule has 9 nitrogen and oxygen atoms in total. The highest BCUT2D eigenvalue weighted by molar-refractivity contribution is 5.95. The lowest BCUT2D eigenvalue weighted by molar-refractivity contribution is -0.146. The SMILES string of the molecule is CC(=O)Nc1cccc(NC(=O)NC2CC(c3ccccc3)CC(c3ccccc3)N(NC(=O)CC(C)(C)C)C2=O)c1. The van der Waals surface area contributed by atoms with E-state index in [4.69, 9.17) is 0 Å². The molecule has 3 aromatic rings. The van der Waals surface area contributed by atoms with Gasteiger partial charge in [0.05, 0.1) is 6.04 Å². The Labute approximate surface area is 247 Å². The van der Waals surface area contributed by atoms with Crippen LogP contribution in [0.5, 0.6) is 0 Å². The van der Waals surface area contributed by atoms with Crippen molar-refractivity contribution in [3.8, 4) is 0 Å². The molecule has 0 aliphatic carbocycles. The molecule has 0 saturated carbocycles. The Bertz CT molecular complexity index is 1400. The molecule has 4 N–H and O–H groups in total. The van der Waals surface area contributed by atoms with Gasteiger partial charge >= 0.3 is 6.03 Å². The molecule has 0 radical (unpaired) electrons. The van der Waals surface area contributed by atoms with E-state index in [9.17, 15) is 19.2 Å². The van der Waals surface area contributed by atoms with Gasteiger partial charge in [-0.25, -0.2) is 9.80 Å². The molecule has 42 heavy (non-hydrogen) atoms. The molecular formula is C33H39N5O4. The van der Waals surface area contributed by atoms with Crippen LogP contribution >= 0.6 is 0 Å². The van der Waals surface area contributed by atoms with E-state index in [1.807, 2.05) is 81.4 Å². The predicted octanol–water partition coefficient (Wildman–Crippen LogP) is 5.75. The van der Waals surface area contributed by atoms with E-state index in [1.165, 1.54) is 11.9 Å². The molecule has 220 valence electrons. The van der Waals surface area contributed by atoms with Crippen LogP contribution in [-0.2, 0) is 14.4 Å². The summed E-state index contributed by atoms with van der Waals surface area (Å²) in [6, 6.07) is 24.4. The molecule has 1 saturated heterocycles. The van der Waals surface area contributed by atoms with Crippen LogP contribution in [0.1, 0.15) is 70.0 Å². The van der Waals surface area contributed by atoms with Crippen LogP contribution in [0.25, 0.3) is 0 Å². The van der Waals surface area contributed by atoms with E-state index in [0.717, 1.165) is 11.1 Å². The van der Waals surface area contributed by atoms with E-state index >= 15 is 0 Å². The van der Waals surface area contributed by atoms with Gasteiger partial charge in [-0.1, -0.05) is 87.5 Å². The maximum absolute atomic E-state index is 14.2. The number of carbonyl (C=O) groups excluding carboxylic acids is 4. The molecule has 0 aromatic heterocycles. The van der Waals surface area contributed by atoms with Crippen LogP contribution in [0, 0.1) is 5.41 Å². The predicted molar refractivity (Wildman–Crippen MR) is 163 cm³/mol. The monoisotopic (exact) mass is 569 g/mol. The topological polar surface area (TPSA) is 120 Å². The number of carbonyl (C=O) groups is 4. The number of hydrogen-bond acceptors (Lipinski definition) is 4. The fourth-order valence-corrected chi connectivity index (χ4v) is 5.25. The summed E-state index contributed by atoms with van der Waals surface area (Å²) in [5, 5.41) is 9.73. The van der Waals surface area contributed by atoms with Gasteiger partial charge in [-0.3, -0.25) is 19.8 Å². The lowest BCUT2D eigenvalue weighted by Crippen LogP contribution is -2.55. The summed E-state index contributed by atoms with van der Waals surface area (Å²) in [7, 11) is 0. The summed E-state index contributed by atoms with van der Waals surface area (Å²) >= 11 is 0. The average molecular weight is 570 g/mol.